The molecule has 0 rings (SSSR count). The molecule has 0 fully saturated rings. The van der Waals surface area contributed by atoms with E-state index in [4.69, 9.17) is 0 Å². The SMILES string of the molecule is CCCCCCCCCCCCCCCCCCC[N+](C)(CC)CC. The summed E-state index contributed by atoms with van der Waals surface area (Å²) in [6.07, 6.45) is 24.9. The average molecular weight is 355 g/mol. The molecule has 0 aliphatic carbocycles. The Labute approximate surface area is 161 Å². The van der Waals surface area contributed by atoms with Crippen LogP contribution in [0.2, 0.25) is 0 Å². The molecular formula is C24H52N+. The van der Waals surface area contributed by atoms with Crippen LogP contribution in [-0.2, 0) is 0 Å². The fourth-order valence-corrected chi connectivity index (χ4v) is 3.76. The Bertz CT molecular complexity index is 244. The van der Waals surface area contributed by atoms with Crippen LogP contribution in [0.4, 0.5) is 0 Å². The van der Waals surface area contributed by atoms with Gasteiger partial charge in [0.25, 0.3) is 0 Å². The summed E-state index contributed by atoms with van der Waals surface area (Å²) in [4.78, 5) is 0. The molecular weight excluding hydrogens is 302 g/mol. The fraction of sp³-hybridized carbons (Fsp3) is 1.00. The molecule has 0 aliphatic rings. The minimum atomic E-state index is 1.26. The van der Waals surface area contributed by atoms with Crippen LogP contribution in [0.5, 0.6) is 0 Å². The van der Waals surface area contributed by atoms with E-state index in [0.717, 1.165) is 0 Å². The van der Waals surface area contributed by atoms with Crippen LogP contribution in [-0.4, -0.2) is 31.2 Å². The second kappa shape index (κ2) is 18.7. The summed E-state index contributed by atoms with van der Waals surface area (Å²) in [6.45, 7) is 10.9. The van der Waals surface area contributed by atoms with E-state index >= 15 is 0 Å². The maximum atomic E-state index is 2.41. The minimum Gasteiger partial charge on any atom is -0.327 e. The van der Waals surface area contributed by atoms with Crippen molar-refractivity contribution < 1.29 is 4.48 Å². The third-order valence-corrected chi connectivity index (χ3v) is 6.33. The first kappa shape index (κ1) is 25.0. The Morgan fingerprint density at radius 1 is 0.400 bits per heavy atom. The molecule has 0 aromatic carbocycles. The van der Waals surface area contributed by atoms with Gasteiger partial charge in [0, 0.05) is 0 Å². The van der Waals surface area contributed by atoms with Gasteiger partial charge in [0.2, 0.25) is 0 Å². The van der Waals surface area contributed by atoms with Gasteiger partial charge in [-0.05, 0) is 26.7 Å². The van der Waals surface area contributed by atoms with E-state index in [1.807, 2.05) is 0 Å². The largest absolute Gasteiger partial charge is 0.327 e. The van der Waals surface area contributed by atoms with E-state index in [1.165, 1.54) is 133 Å². The molecule has 0 bridgehead atoms. The van der Waals surface area contributed by atoms with Crippen LogP contribution in [0.25, 0.3) is 0 Å². The van der Waals surface area contributed by atoms with Crippen molar-refractivity contribution in [3.8, 4) is 0 Å². The van der Waals surface area contributed by atoms with Gasteiger partial charge in [-0.3, -0.25) is 0 Å². The third kappa shape index (κ3) is 17.1. The molecule has 0 amide bonds. The van der Waals surface area contributed by atoms with Gasteiger partial charge >= 0.3 is 0 Å². The highest BCUT2D eigenvalue weighted by atomic mass is 15.3. The van der Waals surface area contributed by atoms with Crippen molar-refractivity contribution in [2.75, 3.05) is 26.7 Å². The molecule has 0 atom stereocenters. The number of quaternary nitrogens is 1. The first-order valence-electron chi connectivity index (χ1n) is 12.0. The zero-order valence-electron chi connectivity index (χ0n) is 18.6. The number of nitrogens with zero attached hydrogens (tertiary/aromatic N) is 1. The van der Waals surface area contributed by atoms with Gasteiger partial charge in [-0.2, -0.15) is 0 Å². The Morgan fingerprint density at radius 3 is 0.960 bits per heavy atom. The van der Waals surface area contributed by atoms with Crippen LogP contribution < -0.4 is 0 Å². The Balaban J connectivity index is 3.12. The van der Waals surface area contributed by atoms with E-state index in [2.05, 4.69) is 27.8 Å². The van der Waals surface area contributed by atoms with Crippen LogP contribution >= 0.6 is 0 Å². The smallest absolute Gasteiger partial charge is 0.0784 e. The van der Waals surface area contributed by atoms with E-state index < -0.39 is 0 Å². The van der Waals surface area contributed by atoms with Crippen LogP contribution in [0.1, 0.15) is 130 Å². The molecule has 0 spiro atoms. The van der Waals surface area contributed by atoms with Gasteiger partial charge in [-0.1, -0.05) is 103 Å². The lowest BCUT2D eigenvalue weighted by molar-refractivity contribution is -0.906. The van der Waals surface area contributed by atoms with Gasteiger partial charge in [0.05, 0.1) is 26.7 Å². The van der Waals surface area contributed by atoms with E-state index in [0.29, 0.717) is 0 Å². The molecule has 0 radical (unpaired) electrons. The second-order valence-corrected chi connectivity index (χ2v) is 8.63. The zero-order valence-corrected chi connectivity index (χ0v) is 18.6. The molecule has 0 saturated heterocycles. The minimum absolute atomic E-state index is 1.26. The predicted molar refractivity (Wildman–Crippen MR) is 116 cm³/mol. The van der Waals surface area contributed by atoms with E-state index in [9.17, 15) is 0 Å². The predicted octanol–water partition coefficient (Wildman–Crippen LogP) is 8.12. The van der Waals surface area contributed by atoms with Crippen molar-refractivity contribution in [2.45, 2.75) is 130 Å². The van der Waals surface area contributed by atoms with Crippen LogP contribution in [0.15, 0.2) is 0 Å². The topological polar surface area (TPSA) is 0 Å². The highest BCUT2D eigenvalue weighted by molar-refractivity contribution is 4.50. The van der Waals surface area contributed by atoms with Crippen molar-refractivity contribution >= 4 is 0 Å². The maximum absolute atomic E-state index is 2.41. The second-order valence-electron chi connectivity index (χ2n) is 8.63. The first-order valence-corrected chi connectivity index (χ1v) is 12.0. The first-order chi connectivity index (χ1) is 12.2. The quantitative estimate of drug-likeness (QED) is 0.153. The molecule has 0 saturated carbocycles. The van der Waals surface area contributed by atoms with Crippen LogP contribution in [0.3, 0.4) is 0 Å². The average Bonchev–Trinajstić information content (AvgIpc) is 2.64. The summed E-state index contributed by atoms with van der Waals surface area (Å²) >= 11 is 0. The summed E-state index contributed by atoms with van der Waals surface area (Å²) in [7, 11) is 2.41. The number of hydrogen-bond donors (Lipinski definition) is 0. The van der Waals surface area contributed by atoms with Gasteiger partial charge in [-0.25, -0.2) is 0 Å². The number of hydrogen-bond acceptors (Lipinski definition) is 0. The van der Waals surface area contributed by atoms with Crippen molar-refractivity contribution in [3.05, 3.63) is 0 Å². The van der Waals surface area contributed by atoms with Crippen molar-refractivity contribution in [1.82, 2.24) is 0 Å². The molecule has 152 valence electrons. The third-order valence-electron chi connectivity index (χ3n) is 6.33. The van der Waals surface area contributed by atoms with Gasteiger partial charge in [-0.15, -0.1) is 0 Å². The summed E-state index contributed by atoms with van der Waals surface area (Å²) in [5, 5.41) is 0. The molecule has 0 aromatic rings. The monoisotopic (exact) mass is 354 g/mol. The van der Waals surface area contributed by atoms with Crippen molar-refractivity contribution in [3.63, 3.8) is 0 Å². The molecule has 0 N–H and O–H groups in total. The van der Waals surface area contributed by atoms with Crippen LogP contribution in [0, 0.1) is 0 Å². The summed E-state index contributed by atoms with van der Waals surface area (Å²) < 4.78 is 1.26. The van der Waals surface area contributed by atoms with Crippen molar-refractivity contribution in [1.29, 1.82) is 0 Å². The molecule has 1 heteroatoms. The number of unbranched alkanes of at least 4 members (excludes halogenated alkanes) is 16. The Morgan fingerprint density at radius 2 is 0.680 bits per heavy atom. The summed E-state index contributed by atoms with van der Waals surface area (Å²) in [5.74, 6) is 0. The lowest BCUT2D eigenvalue weighted by atomic mass is 10.0. The molecule has 0 heterocycles. The van der Waals surface area contributed by atoms with Crippen molar-refractivity contribution in [2.24, 2.45) is 0 Å². The van der Waals surface area contributed by atoms with E-state index in [1.54, 1.807) is 0 Å². The fourth-order valence-electron chi connectivity index (χ4n) is 3.76. The molecule has 1 nitrogen and oxygen atoms in total. The lowest BCUT2D eigenvalue weighted by Crippen LogP contribution is -2.44. The highest BCUT2D eigenvalue weighted by Crippen LogP contribution is 2.14. The Hall–Kier alpha value is -0.0400. The normalized spacial score (nSPS) is 12.0. The van der Waals surface area contributed by atoms with Gasteiger partial charge in [0.15, 0.2) is 0 Å². The lowest BCUT2D eigenvalue weighted by Gasteiger charge is -2.32. The van der Waals surface area contributed by atoms with Gasteiger partial charge in [0.1, 0.15) is 0 Å². The zero-order chi connectivity index (χ0) is 18.6. The number of rotatable bonds is 20. The molecule has 0 aromatic heterocycles. The standard InChI is InChI=1S/C24H52N/c1-5-8-9-10-11-12-13-14-15-16-17-18-19-20-21-22-23-24-25(4,6-2)7-3/h5-24H2,1-4H3/q+1. The van der Waals surface area contributed by atoms with Gasteiger partial charge < -0.3 is 4.48 Å². The molecule has 0 aliphatic heterocycles. The molecule has 25 heavy (non-hydrogen) atoms. The highest BCUT2D eigenvalue weighted by Gasteiger charge is 2.14. The molecule has 0 unspecified atom stereocenters. The Kier molecular flexibility index (Phi) is 18.7. The summed E-state index contributed by atoms with van der Waals surface area (Å²) in [5.41, 5.74) is 0. The van der Waals surface area contributed by atoms with E-state index in [-0.39, 0.29) is 0 Å². The maximum Gasteiger partial charge on any atom is 0.0784 e. The summed E-state index contributed by atoms with van der Waals surface area (Å²) in [6, 6.07) is 0.